The molecular formula is C20H16ClFN4S. The average Bonchev–Trinajstić information content (AvgIpc) is 3.33. The number of thiazole rings is 1. The van der Waals surface area contributed by atoms with Gasteiger partial charge in [0.25, 0.3) is 0 Å². The maximum absolute atomic E-state index is 13.2. The standard InChI is InChI=1S/C20H16ClFN4S/c1-25(16-8-4-15(22)5-9-16)13-19-24-18(20-23-10-11-27-20)12-26(19)17-6-2-14(21)3-7-17/h2-12H,13H2,1H3. The SMILES string of the molecule is CN(Cc1nc(-c2nccs2)cn1-c1ccc(Cl)cc1)c1ccc(F)cc1. The van der Waals surface area contributed by atoms with Crippen molar-refractivity contribution in [1.29, 1.82) is 0 Å². The van der Waals surface area contributed by atoms with Crippen LogP contribution in [0.2, 0.25) is 5.02 Å². The summed E-state index contributed by atoms with van der Waals surface area (Å²) in [5.74, 6) is 0.607. The number of hydrogen-bond donors (Lipinski definition) is 0. The van der Waals surface area contributed by atoms with E-state index in [0.717, 1.165) is 27.9 Å². The summed E-state index contributed by atoms with van der Waals surface area (Å²) in [4.78, 5) is 11.2. The molecule has 0 radical (unpaired) electrons. The number of halogens is 2. The Balaban J connectivity index is 1.71. The fourth-order valence-electron chi connectivity index (χ4n) is 2.81. The van der Waals surface area contributed by atoms with Crippen molar-refractivity contribution in [1.82, 2.24) is 14.5 Å². The number of imidazole rings is 1. The van der Waals surface area contributed by atoms with Crippen molar-refractivity contribution in [2.45, 2.75) is 6.54 Å². The highest BCUT2D eigenvalue weighted by Gasteiger charge is 2.15. The van der Waals surface area contributed by atoms with E-state index in [4.69, 9.17) is 16.6 Å². The normalized spacial score (nSPS) is 10.9. The highest BCUT2D eigenvalue weighted by atomic mass is 35.5. The Hall–Kier alpha value is -2.70. The molecule has 2 aromatic heterocycles. The van der Waals surface area contributed by atoms with E-state index in [1.165, 1.54) is 12.1 Å². The lowest BCUT2D eigenvalue weighted by Crippen LogP contribution is -2.19. The van der Waals surface area contributed by atoms with Crippen molar-refractivity contribution in [3.8, 4) is 16.4 Å². The molecular weight excluding hydrogens is 383 g/mol. The third-order valence-electron chi connectivity index (χ3n) is 4.18. The Morgan fingerprint density at radius 3 is 2.52 bits per heavy atom. The van der Waals surface area contributed by atoms with Crippen molar-refractivity contribution in [2.24, 2.45) is 0 Å². The summed E-state index contributed by atoms with van der Waals surface area (Å²) < 4.78 is 15.2. The van der Waals surface area contributed by atoms with Gasteiger partial charge in [0.15, 0.2) is 0 Å². The Kier molecular flexibility index (Phi) is 4.92. The Labute approximate surface area is 165 Å². The maximum atomic E-state index is 13.2. The highest BCUT2D eigenvalue weighted by molar-refractivity contribution is 7.13. The van der Waals surface area contributed by atoms with Gasteiger partial charge in [-0.1, -0.05) is 11.6 Å². The maximum Gasteiger partial charge on any atom is 0.143 e. The van der Waals surface area contributed by atoms with Gasteiger partial charge in [-0.3, -0.25) is 0 Å². The molecule has 0 amide bonds. The Bertz CT molecular complexity index is 1030. The molecule has 2 aromatic carbocycles. The summed E-state index contributed by atoms with van der Waals surface area (Å²) in [5, 5.41) is 3.48. The lowest BCUT2D eigenvalue weighted by molar-refractivity contribution is 0.627. The molecule has 0 fully saturated rings. The number of benzene rings is 2. The van der Waals surface area contributed by atoms with Gasteiger partial charge in [-0.2, -0.15) is 0 Å². The van der Waals surface area contributed by atoms with E-state index >= 15 is 0 Å². The van der Waals surface area contributed by atoms with Gasteiger partial charge in [0.1, 0.15) is 22.3 Å². The molecule has 4 nitrogen and oxygen atoms in total. The van der Waals surface area contributed by atoms with Crippen LogP contribution < -0.4 is 4.90 Å². The van der Waals surface area contributed by atoms with Crippen molar-refractivity contribution in [2.75, 3.05) is 11.9 Å². The van der Waals surface area contributed by atoms with Gasteiger partial charge in [0.05, 0.1) is 6.54 Å². The van der Waals surface area contributed by atoms with Crippen LogP contribution in [0.15, 0.2) is 66.3 Å². The smallest absolute Gasteiger partial charge is 0.143 e. The van der Waals surface area contributed by atoms with E-state index in [9.17, 15) is 4.39 Å². The molecule has 0 aliphatic carbocycles. The van der Waals surface area contributed by atoms with Crippen LogP contribution in [0.5, 0.6) is 0 Å². The van der Waals surface area contributed by atoms with Crippen LogP contribution in [0, 0.1) is 5.82 Å². The number of anilines is 1. The van der Waals surface area contributed by atoms with Gasteiger partial charge >= 0.3 is 0 Å². The van der Waals surface area contributed by atoms with Gasteiger partial charge in [0, 0.05) is 41.2 Å². The van der Waals surface area contributed by atoms with Gasteiger partial charge in [-0.25, -0.2) is 14.4 Å². The number of aromatic nitrogens is 3. The van der Waals surface area contributed by atoms with Crippen molar-refractivity contribution >= 4 is 28.6 Å². The zero-order valence-corrected chi connectivity index (χ0v) is 16.1. The van der Waals surface area contributed by atoms with E-state index in [0.29, 0.717) is 11.6 Å². The van der Waals surface area contributed by atoms with E-state index in [1.54, 1.807) is 29.7 Å². The average molecular weight is 399 g/mol. The van der Waals surface area contributed by atoms with Crippen molar-refractivity contribution in [3.05, 3.63) is 83.0 Å². The number of nitrogens with zero attached hydrogens (tertiary/aromatic N) is 4. The summed E-state index contributed by atoms with van der Waals surface area (Å²) >= 11 is 7.58. The summed E-state index contributed by atoms with van der Waals surface area (Å²) in [6, 6.07) is 14.0. The summed E-state index contributed by atoms with van der Waals surface area (Å²) in [7, 11) is 1.96. The van der Waals surface area contributed by atoms with Crippen LogP contribution in [-0.4, -0.2) is 21.6 Å². The third-order valence-corrected chi connectivity index (χ3v) is 5.23. The Morgan fingerprint density at radius 1 is 1.11 bits per heavy atom. The molecule has 4 rings (SSSR count). The molecule has 27 heavy (non-hydrogen) atoms. The molecule has 0 bridgehead atoms. The molecule has 0 aliphatic rings. The Morgan fingerprint density at radius 2 is 1.85 bits per heavy atom. The minimum atomic E-state index is -0.249. The van der Waals surface area contributed by atoms with E-state index in [-0.39, 0.29) is 5.82 Å². The summed E-state index contributed by atoms with van der Waals surface area (Å²) in [6.45, 7) is 0.555. The molecule has 2 heterocycles. The zero-order chi connectivity index (χ0) is 18.8. The van der Waals surface area contributed by atoms with Crippen molar-refractivity contribution < 1.29 is 4.39 Å². The molecule has 7 heteroatoms. The van der Waals surface area contributed by atoms with Crippen LogP contribution in [0.4, 0.5) is 10.1 Å². The largest absolute Gasteiger partial charge is 0.367 e. The molecule has 0 saturated heterocycles. The molecule has 0 N–H and O–H groups in total. The van der Waals surface area contributed by atoms with E-state index in [2.05, 4.69) is 4.98 Å². The second-order valence-corrected chi connectivity index (χ2v) is 7.39. The second kappa shape index (κ2) is 7.50. The fraction of sp³-hybridized carbons (Fsp3) is 0.100. The van der Waals surface area contributed by atoms with Crippen LogP contribution in [0.3, 0.4) is 0 Å². The van der Waals surface area contributed by atoms with E-state index in [1.807, 2.05) is 52.4 Å². The number of rotatable bonds is 5. The predicted octanol–water partition coefficient (Wildman–Crippen LogP) is 5.42. The molecule has 0 atom stereocenters. The van der Waals surface area contributed by atoms with Crippen LogP contribution >= 0.6 is 22.9 Å². The van der Waals surface area contributed by atoms with Gasteiger partial charge < -0.3 is 9.47 Å². The predicted molar refractivity (Wildman–Crippen MR) is 108 cm³/mol. The summed E-state index contributed by atoms with van der Waals surface area (Å²) in [6.07, 6.45) is 3.75. The lowest BCUT2D eigenvalue weighted by atomic mass is 10.3. The summed E-state index contributed by atoms with van der Waals surface area (Å²) in [5.41, 5.74) is 2.71. The highest BCUT2D eigenvalue weighted by Crippen LogP contribution is 2.25. The second-order valence-electron chi connectivity index (χ2n) is 6.06. The molecule has 0 unspecified atom stereocenters. The zero-order valence-electron chi connectivity index (χ0n) is 14.5. The first-order valence-electron chi connectivity index (χ1n) is 8.31. The van der Waals surface area contributed by atoms with Crippen LogP contribution in [-0.2, 0) is 6.54 Å². The van der Waals surface area contributed by atoms with Crippen molar-refractivity contribution in [3.63, 3.8) is 0 Å². The minimum Gasteiger partial charge on any atom is -0.367 e. The van der Waals surface area contributed by atoms with E-state index < -0.39 is 0 Å². The minimum absolute atomic E-state index is 0.249. The van der Waals surface area contributed by atoms with Crippen LogP contribution in [0.25, 0.3) is 16.4 Å². The molecule has 0 spiro atoms. The first-order chi connectivity index (χ1) is 13.1. The van der Waals surface area contributed by atoms with Gasteiger partial charge in [-0.15, -0.1) is 11.3 Å². The first-order valence-corrected chi connectivity index (χ1v) is 9.57. The van der Waals surface area contributed by atoms with Crippen LogP contribution in [0.1, 0.15) is 5.82 Å². The topological polar surface area (TPSA) is 34.0 Å². The fourth-order valence-corrected chi connectivity index (χ4v) is 3.52. The third kappa shape index (κ3) is 3.86. The lowest BCUT2D eigenvalue weighted by Gasteiger charge is -2.19. The molecule has 0 aliphatic heterocycles. The monoisotopic (exact) mass is 398 g/mol. The quantitative estimate of drug-likeness (QED) is 0.450. The van der Waals surface area contributed by atoms with Gasteiger partial charge in [0.2, 0.25) is 0 Å². The molecule has 4 aromatic rings. The molecule has 136 valence electrons. The first kappa shape index (κ1) is 17.7. The number of hydrogen-bond acceptors (Lipinski definition) is 4. The molecule has 0 saturated carbocycles. The van der Waals surface area contributed by atoms with Gasteiger partial charge in [-0.05, 0) is 48.5 Å².